The zero-order chi connectivity index (χ0) is 17.9. The smallest absolute Gasteiger partial charge is 0.231 e. The van der Waals surface area contributed by atoms with Gasteiger partial charge in [-0.25, -0.2) is 0 Å². The zero-order valence-corrected chi connectivity index (χ0v) is 15.2. The van der Waals surface area contributed by atoms with E-state index in [9.17, 15) is 0 Å². The molecule has 3 heteroatoms. The van der Waals surface area contributed by atoms with Crippen LogP contribution >= 0.6 is 0 Å². The highest BCUT2D eigenvalue weighted by molar-refractivity contribution is 5.68. The molecule has 0 amide bonds. The molecule has 132 valence electrons. The van der Waals surface area contributed by atoms with Crippen molar-refractivity contribution in [2.45, 2.75) is 26.4 Å². The molecular weight excluding hydrogens is 322 g/mol. The van der Waals surface area contributed by atoms with Crippen LogP contribution in [0.1, 0.15) is 29.7 Å². The molecule has 1 N–H and O–H groups in total. The number of fused-ring (bicyclic) bond motifs is 1. The normalized spacial score (nSPS) is 13.6. The van der Waals surface area contributed by atoms with Gasteiger partial charge in [-0.2, -0.15) is 0 Å². The van der Waals surface area contributed by atoms with Crippen molar-refractivity contribution in [2.24, 2.45) is 0 Å². The molecule has 1 aliphatic heterocycles. The first-order chi connectivity index (χ1) is 12.7. The van der Waals surface area contributed by atoms with E-state index in [0.717, 1.165) is 23.6 Å². The molecule has 0 saturated heterocycles. The second-order valence-corrected chi connectivity index (χ2v) is 6.78. The minimum absolute atomic E-state index is 0.305. The molecule has 0 aromatic heterocycles. The fourth-order valence-electron chi connectivity index (χ4n) is 3.18. The lowest BCUT2D eigenvalue weighted by Crippen LogP contribution is -2.18. The van der Waals surface area contributed by atoms with Crippen molar-refractivity contribution in [1.82, 2.24) is 5.32 Å². The number of nitrogens with one attached hydrogen (secondary N) is 1. The Bertz CT molecular complexity index is 902. The van der Waals surface area contributed by atoms with Gasteiger partial charge in [-0.15, -0.1) is 0 Å². The molecule has 1 atom stereocenters. The van der Waals surface area contributed by atoms with E-state index >= 15 is 0 Å². The lowest BCUT2D eigenvalue weighted by molar-refractivity contribution is 0.174. The monoisotopic (exact) mass is 345 g/mol. The van der Waals surface area contributed by atoms with Crippen LogP contribution in [-0.2, 0) is 6.54 Å². The Hall–Kier alpha value is -2.78. The summed E-state index contributed by atoms with van der Waals surface area (Å²) in [5.74, 6) is 1.64. The van der Waals surface area contributed by atoms with Gasteiger partial charge in [0.1, 0.15) is 0 Å². The standard InChI is InChI=1S/C23H23NO2/c1-16-6-8-19(9-7-16)17(2)24-14-18-4-3-5-20(12-18)21-10-11-22-23(13-21)26-15-25-22/h3-13,17,24H,14-15H2,1-2H3. The quantitative estimate of drug-likeness (QED) is 0.686. The Morgan fingerprint density at radius 2 is 1.65 bits per heavy atom. The number of hydrogen-bond acceptors (Lipinski definition) is 3. The fraction of sp³-hybridized carbons (Fsp3) is 0.217. The predicted octanol–water partition coefficient (Wildman–Crippen LogP) is 5.24. The molecule has 3 aromatic carbocycles. The van der Waals surface area contributed by atoms with Crippen LogP contribution in [0.5, 0.6) is 11.5 Å². The summed E-state index contributed by atoms with van der Waals surface area (Å²) in [6, 6.07) is 23.7. The van der Waals surface area contributed by atoms with Crippen molar-refractivity contribution in [3.63, 3.8) is 0 Å². The number of ether oxygens (including phenoxy) is 2. The molecule has 0 saturated carbocycles. The van der Waals surface area contributed by atoms with Gasteiger partial charge in [0.25, 0.3) is 0 Å². The molecule has 26 heavy (non-hydrogen) atoms. The van der Waals surface area contributed by atoms with Gasteiger partial charge in [-0.1, -0.05) is 54.1 Å². The first kappa shape index (κ1) is 16.7. The zero-order valence-electron chi connectivity index (χ0n) is 15.2. The molecule has 0 bridgehead atoms. The fourth-order valence-corrected chi connectivity index (χ4v) is 3.18. The third kappa shape index (κ3) is 3.58. The Morgan fingerprint density at radius 1 is 0.885 bits per heavy atom. The third-order valence-electron chi connectivity index (χ3n) is 4.82. The Balaban J connectivity index is 1.46. The molecule has 3 aromatic rings. The van der Waals surface area contributed by atoms with Gasteiger partial charge in [-0.3, -0.25) is 0 Å². The summed E-state index contributed by atoms with van der Waals surface area (Å²) in [7, 11) is 0. The van der Waals surface area contributed by atoms with Crippen LogP contribution in [0.25, 0.3) is 11.1 Å². The number of benzene rings is 3. The van der Waals surface area contributed by atoms with Crippen molar-refractivity contribution in [3.05, 3.63) is 83.4 Å². The third-order valence-corrected chi connectivity index (χ3v) is 4.82. The maximum absolute atomic E-state index is 5.49. The van der Waals surface area contributed by atoms with Crippen LogP contribution in [0.3, 0.4) is 0 Å². The maximum atomic E-state index is 5.49. The lowest BCUT2D eigenvalue weighted by atomic mass is 10.0. The molecule has 3 nitrogen and oxygen atoms in total. The molecule has 4 rings (SSSR count). The van der Waals surface area contributed by atoms with Crippen LogP contribution < -0.4 is 14.8 Å². The lowest BCUT2D eigenvalue weighted by Gasteiger charge is -2.15. The number of rotatable bonds is 5. The largest absolute Gasteiger partial charge is 0.454 e. The van der Waals surface area contributed by atoms with Crippen molar-refractivity contribution in [1.29, 1.82) is 0 Å². The Morgan fingerprint density at radius 3 is 2.50 bits per heavy atom. The van der Waals surface area contributed by atoms with Gasteiger partial charge in [-0.05, 0) is 54.3 Å². The first-order valence-electron chi connectivity index (χ1n) is 8.98. The molecular formula is C23H23NO2. The number of aryl methyl sites for hydroxylation is 1. The van der Waals surface area contributed by atoms with Gasteiger partial charge in [0.15, 0.2) is 11.5 Å². The highest BCUT2D eigenvalue weighted by Crippen LogP contribution is 2.36. The Kier molecular flexibility index (Phi) is 4.63. The second kappa shape index (κ2) is 7.22. The van der Waals surface area contributed by atoms with Crippen molar-refractivity contribution in [3.8, 4) is 22.6 Å². The Labute approximate surface area is 154 Å². The minimum atomic E-state index is 0.305. The molecule has 0 radical (unpaired) electrons. The van der Waals surface area contributed by atoms with Crippen molar-refractivity contribution < 1.29 is 9.47 Å². The van der Waals surface area contributed by atoms with E-state index in [1.807, 2.05) is 12.1 Å². The molecule has 1 unspecified atom stereocenters. The number of hydrogen-bond donors (Lipinski definition) is 1. The van der Waals surface area contributed by atoms with E-state index in [2.05, 4.69) is 73.8 Å². The summed E-state index contributed by atoms with van der Waals surface area (Å²) in [5.41, 5.74) is 6.19. The van der Waals surface area contributed by atoms with E-state index in [1.54, 1.807) is 0 Å². The first-order valence-corrected chi connectivity index (χ1v) is 8.98. The van der Waals surface area contributed by atoms with Crippen LogP contribution in [0.2, 0.25) is 0 Å². The van der Waals surface area contributed by atoms with Gasteiger partial charge in [0.05, 0.1) is 0 Å². The average molecular weight is 345 g/mol. The van der Waals surface area contributed by atoms with Gasteiger partial charge < -0.3 is 14.8 Å². The van der Waals surface area contributed by atoms with E-state index < -0.39 is 0 Å². The van der Waals surface area contributed by atoms with E-state index in [0.29, 0.717) is 12.8 Å². The molecule has 0 fully saturated rings. The van der Waals surface area contributed by atoms with Crippen LogP contribution in [0.15, 0.2) is 66.7 Å². The highest BCUT2D eigenvalue weighted by Gasteiger charge is 2.14. The van der Waals surface area contributed by atoms with E-state index in [4.69, 9.17) is 9.47 Å². The van der Waals surface area contributed by atoms with E-state index in [1.165, 1.54) is 22.3 Å². The van der Waals surface area contributed by atoms with Gasteiger partial charge in [0, 0.05) is 12.6 Å². The van der Waals surface area contributed by atoms with Gasteiger partial charge >= 0.3 is 0 Å². The summed E-state index contributed by atoms with van der Waals surface area (Å²) < 4.78 is 10.9. The maximum Gasteiger partial charge on any atom is 0.231 e. The SMILES string of the molecule is Cc1ccc(C(C)NCc2cccc(-c3ccc4c(c3)OCO4)c2)cc1. The summed E-state index contributed by atoms with van der Waals surface area (Å²) in [4.78, 5) is 0. The van der Waals surface area contributed by atoms with Gasteiger partial charge in [0.2, 0.25) is 6.79 Å². The average Bonchev–Trinajstić information content (AvgIpc) is 3.15. The van der Waals surface area contributed by atoms with Crippen LogP contribution in [0.4, 0.5) is 0 Å². The second-order valence-electron chi connectivity index (χ2n) is 6.78. The molecule has 1 aliphatic rings. The summed E-state index contributed by atoms with van der Waals surface area (Å²) in [5, 5.41) is 3.61. The molecule has 0 aliphatic carbocycles. The minimum Gasteiger partial charge on any atom is -0.454 e. The molecule has 1 heterocycles. The predicted molar refractivity (Wildman–Crippen MR) is 104 cm³/mol. The van der Waals surface area contributed by atoms with Crippen LogP contribution in [0, 0.1) is 6.92 Å². The highest BCUT2D eigenvalue weighted by atomic mass is 16.7. The van der Waals surface area contributed by atoms with Crippen LogP contribution in [-0.4, -0.2) is 6.79 Å². The van der Waals surface area contributed by atoms with E-state index in [-0.39, 0.29) is 0 Å². The van der Waals surface area contributed by atoms with Crippen molar-refractivity contribution >= 4 is 0 Å². The summed E-state index contributed by atoms with van der Waals surface area (Å²) in [6.07, 6.45) is 0. The summed E-state index contributed by atoms with van der Waals surface area (Å²) in [6.45, 7) is 5.45. The van der Waals surface area contributed by atoms with Crippen molar-refractivity contribution in [2.75, 3.05) is 6.79 Å². The molecule has 0 spiro atoms. The topological polar surface area (TPSA) is 30.5 Å². The summed E-state index contributed by atoms with van der Waals surface area (Å²) >= 11 is 0.